The molecular formula is C16H23ClN4O5S. The third-order valence-electron chi connectivity index (χ3n) is 4.59. The minimum Gasteiger partial charge on any atom is -0.391 e. The smallest absolute Gasteiger partial charge is 0.251 e. The zero-order valence-corrected chi connectivity index (χ0v) is 16.2. The number of hydrogen-bond acceptors (Lipinski definition) is 6. The Balaban J connectivity index is 0.00000261. The highest BCUT2D eigenvalue weighted by atomic mass is 35.5. The molecule has 0 radical (unpaired) electrons. The molecule has 1 aromatic carbocycles. The van der Waals surface area contributed by atoms with Crippen LogP contribution in [0.15, 0.2) is 29.2 Å². The number of carbonyl (C=O) groups excluding carboxylic acids is 2. The number of sulfonamides is 1. The topological polar surface area (TPSA) is 128 Å². The maximum atomic E-state index is 12.6. The van der Waals surface area contributed by atoms with Crippen LogP contribution in [0.2, 0.25) is 0 Å². The van der Waals surface area contributed by atoms with E-state index in [1.54, 1.807) is 0 Å². The Kier molecular flexibility index (Phi) is 7.18. The number of hydrogen-bond donors (Lipinski definition) is 4. The highest BCUT2D eigenvalue weighted by Crippen LogP contribution is 2.17. The lowest BCUT2D eigenvalue weighted by atomic mass is 10.1. The van der Waals surface area contributed by atoms with Crippen LogP contribution in [0, 0.1) is 5.92 Å². The molecule has 2 atom stereocenters. The van der Waals surface area contributed by atoms with E-state index in [1.165, 1.54) is 24.3 Å². The van der Waals surface area contributed by atoms with E-state index >= 15 is 0 Å². The van der Waals surface area contributed by atoms with Crippen molar-refractivity contribution in [2.75, 3.05) is 39.3 Å². The summed E-state index contributed by atoms with van der Waals surface area (Å²) in [7, 11) is -3.77. The van der Waals surface area contributed by atoms with E-state index in [1.807, 2.05) is 0 Å². The van der Waals surface area contributed by atoms with Crippen LogP contribution in [0.25, 0.3) is 0 Å². The van der Waals surface area contributed by atoms with E-state index in [9.17, 15) is 23.1 Å². The van der Waals surface area contributed by atoms with Crippen LogP contribution in [0.1, 0.15) is 10.4 Å². The molecule has 9 nitrogen and oxygen atoms in total. The van der Waals surface area contributed by atoms with E-state index in [-0.39, 0.29) is 54.7 Å². The quantitative estimate of drug-likeness (QED) is 0.462. The molecule has 150 valence electrons. The molecule has 2 fully saturated rings. The molecule has 2 saturated heterocycles. The minimum atomic E-state index is -3.77. The Morgan fingerprint density at radius 2 is 1.96 bits per heavy atom. The first-order valence-electron chi connectivity index (χ1n) is 8.42. The van der Waals surface area contributed by atoms with Crippen LogP contribution in [-0.2, 0) is 14.8 Å². The normalized spacial score (nSPS) is 23.4. The van der Waals surface area contributed by atoms with Gasteiger partial charge in [-0.1, -0.05) is 0 Å². The Bertz CT molecular complexity index is 787. The number of β-amino-alcohol motifs (C(OH)–C–C–N with tert-alkyl or cyclic N) is 1. The number of rotatable bonds is 5. The van der Waals surface area contributed by atoms with Crippen molar-refractivity contribution in [3.8, 4) is 0 Å². The monoisotopic (exact) mass is 418 g/mol. The first-order valence-corrected chi connectivity index (χ1v) is 9.86. The van der Waals surface area contributed by atoms with Crippen molar-refractivity contribution in [3.63, 3.8) is 0 Å². The highest BCUT2D eigenvalue weighted by Gasteiger charge is 2.29. The fourth-order valence-electron chi connectivity index (χ4n) is 3.00. The zero-order valence-electron chi connectivity index (χ0n) is 14.6. The number of aliphatic hydroxyl groups excluding tert-OH is 1. The fourth-order valence-corrected chi connectivity index (χ4v) is 4.40. The Morgan fingerprint density at radius 1 is 1.26 bits per heavy atom. The van der Waals surface area contributed by atoms with Crippen molar-refractivity contribution in [2.24, 2.45) is 5.92 Å². The Morgan fingerprint density at radius 3 is 2.56 bits per heavy atom. The summed E-state index contributed by atoms with van der Waals surface area (Å²) in [5.74, 6) is -0.700. The molecule has 0 aliphatic carbocycles. The van der Waals surface area contributed by atoms with Gasteiger partial charge < -0.3 is 21.1 Å². The lowest BCUT2D eigenvalue weighted by molar-refractivity contribution is -0.122. The molecular weight excluding hydrogens is 396 g/mol. The molecule has 2 unspecified atom stereocenters. The van der Waals surface area contributed by atoms with Crippen LogP contribution < -0.4 is 16.0 Å². The van der Waals surface area contributed by atoms with Crippen molar-refractivity contribution in [3.05, 3.63) is 29.8 Å². The third-order valence-corrected chi connectivity index (χ3v) is 6.45. The maximum absolute atomic E-state index is 12.6. The van der Waals surface area contributed by atoms with E-state index < -0.39 is 16.1 Å². The second-order valence-corrected chi connectivity index (χ2v) is 8.35. The Labute approximate surface area is 164 Å². The van der Waals surface area contributed by atoms with Gasteiger partial charge in [-0.2, -0.15) is 4.31 Å². The van der Waals surface area contributed by atoms with Crippen LogP contribution >= 0.6 is 12.4 Å². The lowest BCUT2D eigenvalue weighted by Crippen LogP contribution is -2.49. The molecule has 1 aromatic rings. The van der Waals surface area contributed by atoms with Crippen LogP contribution in [-0.4, -0.2) is 75.0 Å². The SMILES string of the molecule is Cl.O=C1CN(S(=O)(=O)c2ccc(C(=O)NCC3CNCC3O)cc2)CCN1. The van der Waals surface area contributed by atoms with Crippen LogP contribution in [0.5, 0.6) is 0 Å². The van der Waals surface area contributed by atoms with E-state index in [4.69, 9.17) is 0 Å². The number of piperazine rings is 1. The first kappa shape index (κ1) is 21.6. The summed E-state index contributed by atoms with van der Waals surface area (Å²) in [6.07, 6.45) is -0.482. The third kappa shape index (κ3) is 4.96. The number of benzene rings is 1. The van der Waals surface area contributed by atoms with E-state index in [2.05, 4.69) is 16.0 Å². The molecule has 2 heterocycles. The second-order valence-electron chi connectivity index (χ2n) is 6.41. The summed E-state index contributed by atoms with van der Waals surface area (Å²) in [6.45, 7) is 1.79. The van der Waals surface area contributed by atoms with Crippen LogP contribution in [0.4, 0.5) is 0 Å². The van der Waals surface area contributed by atoms with Crippen molar-refractivity contribution < 1.29 is 23.1 Å². The van der Waals surface area contributed by atoms with Gasteiger partial charge in [0.25, 0.3) is 5.91 Å². The fraction of sp³-hybridized carbons (Fsp3) is 0.500. The second kappa shape index (κ2) is 8.98. The number of carbonyl (C=O) groups is 2. The number of amides is 2. The van der Waals surface area contributed by atoms with Gasteiger partial charge in [0.1, 0.15) is 0 Å². The molecule has 11 heteroatoms. The number of aliphatic hydroxyl groups is 1. The average Bonchev–Trinajstić information content (AvgIpc) is 3.05. The van der Waals surface area contributed by atoms with Gasteiger partial charge in [-0.25, -0.2) is 8.42 Å². The van der Waals surface area contributed by atoms with Gasteiger partial charge in [0, 0.05) is 44.2 Å². The summed E-state index contributed by atoms with van der Waals surface area (Å²) in [6, 6.07) is 5.61. The predicted molar refractivity (Wildman–Crippen MR) is 100 cm³/mol. The largest absolute Gasteiger partial charge is 0.391 e. The van der Waals surface area contributed by atoms with Gasteiger partial charge in [0.05, 0.1) is 17.5 Å². The van der Waals surface area contributed by atoms with Gasteiger partial charge in [-0.3, -0.25) is 9.59 Å². The molecule has 2 aliphatic rings. The summed E-state index contributed by atoms with van der Waals surface area (Å²) < 4.78 is 26.2. The number of halogens is 1. The number of nitrogens with zero attached hydrogens (tertiary/aromatic N) is 1. The lowest BCUT2D eigenvalue weighted by Gasteiger charge is -2.25. The molecule has 0 saturated carbocycles. The van der Waals surface area contributed by atoms with Crippen molar-refractivity contribution in [1.29, 1.82) is 0 Å². The molecule has 3 rings (SSSR count). The summed E-state index contributed by atoms with van der Waals surface area (Å²) in [4.78, 5) is 23.6. The average molecular weight is 419 g/mol. The molecule has 0 bridgehead atoms. The van der Waals surface area contributed by atoms with Crippen molar-refractivity contribution in [2.45, 2.75) is 11.0 Å². The van der Waals surface area contributed by atoms with Gasteiger partial charge in [0.15, 0.2) is 0 Å². The summed E-state index contributed by atoms with van der Waals surface area (Å²) in [5, 5.41) is 18.1. The van der Waals surface area contributed by atoms with E-state index in [0.29, 0.717) is 25.2 Å². The highest BCUT2D eigenvalue weighted by molar-refractivity contribution is 7.89. The van der Waals surface area contributed by atoms with Gasteiger partial charge >= 0.3 is 0 Å². The standard InChI is InChI=1S/C16H22N4O5S.ClH/c21-14-9-17-7-12(14)8-19-16(23)11-1-3-13(4-2-11)26(24,25)20-6-5-18-15(22)10-20;/h1-4,12,14,17,21H,5-10H2,(H,18,22)(H,19,23);1H. The minimum absolute atomic E-state index is 0. The van der Waals surface area contributed by atoms with Crippen molar-refractivity contribution >= 4 is 34.2 Å². The van der Waals surface area contributed by atoms with Crippen LogP contribution in [0.3, 0.4) is 0 Å². The van der Waals surface area contributed by atoms with E-state index in [0.717, 1.165) is 4.31 Å². The van der Waals surface area contributed by atoms with Crippen molar-refractivity contribution in [1.82, 2.24) is 20.3 Å². The zero-order chi connectivity index (χ0) is 18.7. The summed E-state index contributed by atoms with van der Waals surface area (Å²) in [5.41, 5.74) is 0.334. The molecule has 27 heavy (non-hydrogen) atoms. The maximum Gasteiger partial charge on any atom is 0.251 e. The molecule has 2 aliphatic heterocycles. The van der Waals surface area contributed by atoms with Gasteiger partial charge in [-0.15, -0.1) is 12.4 Å². The molecule has 0 spiro atoms. The summed E-state index contributed by atoms with van der Waals surface area (Å²) >= 11 is 0. The predicted octanol–water partition coefficient (Wildman–Crippen LogP) is -1.46. The first-order chi connectivity index (χ1) is 12.4. The Hall–Kier alpha value is -1.72. The van der Waals surface area contributed by atoms with Gasteiger partial charge in [0.2, 0.25) is 15.9 Å². The van der Waals surface area contributed by atoms with Gasteiger partial charge in [-0.05, 0) is 24.3 Å². The molecule has 0 aromatic heterocycles. The molecule has 4 N–H and O–H groups in total. The number of nitrogens with one attached hydrogen (secondary N) is 3. The molecule has 2 amide bonds.